The SMILES string of the molecule is O=C(O)CSc1cc2c(cc1[N+](=O)[O-])OCCO2. The van der Waals surface area contributed by atoms with Crippen molar-refractivity contribution < 1.29 is 24.3 Å². The number of ether oxygens (including phenoxy) is 2. The molecule has 7 nitrogen and oxygen atoms in total. The third-order valence-electron chi connectivity index (χ3n) is 2.17. The van der Waals surface area contributed by atoms with E-state index in [-0.39, 0.29) is 16.3 Å². The average molecular weight is 271 g/mol. The minimum atomic E-state index is -1.04. The first-order chi connectivity index (χ1) is 8.58. The van der Waals surface area contributed by atoms with Gasteiger partial charge in [-0.05, 0) is 0 Å². The van der Waals surface area contributed by atoms with E-state index in [0.717, 1.165) is 11.8 Å². The summed E-state index contributed by atoms with van der Waals surface area (Å²) < 4.78 is 10.5. The molecular weight excluding hydrogens is 262 g/mol. The van der Waals surface area contributed by atoms with Gasteiger partial charge in [-0.25, -0.2) is 0 Å². The number of carboxylic acids is 1. The fourth-order valence-electron chi connectivity index (χ4n) is 1.46. The molecular formula is C10H9NO6S. The molecule has 18 heavy (non-hydrogen) atoms. The predicted molar refractivity (Wildman–Crippen MR) is 62.4 cm³/mol. The van der Waals surface area contributed by atoms with Gasteiger partial charge in [0.25, 0.3) is 5.69 Å². The number of carbonyl (C=O) groups is 1. The lowest BCUT2D eigenvalue weighted by atomic mass is 10.2. The standard InChI is InChI=1S/C10H9NO6S/c12-10(13)5-18-9-4-8-7(16-1-2-17-8)3-6(9)11(14)15/h3-4H,1-2,5H2,(H,12,13). The summed E-state index contributed by atoms with van der Waals surface area (Å²) in [5.74, 6) is -0.572. The van der Waals surface area contributed by atoms with E-state index < -0.39 is 10.9 Å². The van der Waals surface area contributed by atoms with Crippen LogP contribution in [0.5, 0.6) is 11.5 Å². The zero-order valence-electron chi connectivity index (χ0n) is 9.12. The first-order valence-corrected chi connectivity index (χ1v) is 5.99. The Morgan fingerprint density at radius 2 is 2.00 bits per heavy atom. The van der Waals surface area contributed by atoms with Crippen LogP contribution in [0, 0.1) is 10.1 Å². The van der Waals surface area contributed by atoms with Crippen LogP contribution in [0.1, 0.15) is 0 Å². The summed E-state index contributed by atoms with van der Waals surface area (Å²) in [6, 6.07) is 2.71. The molecule has 96 valence electrons. The van der Waals surface area contributed by atoms with Crippen LogP contribution in [0.2, 0.25) is 0 Å². The second-order valence-electron chi connectivity index (χ2n) is 3.40. The van der Waals surface area contributed by atoms with E-state index in [4.69, 9.17) is 14.6 Å². The fourth-order valence-corrected chi connectivity index (χ4v) is 2.21. The van der Waals surface area contributed by atoms with Crippen LogP contribution < -0.4 is 9.47 Å². The third kappa shape index (κ3) is 2.65. The van der Waals surface area contributed by atoms with Gasteiger partial charge in [-0.3, -0.25) is 14.9 Å². The van der Waals surface area contributed by atoms with Gasteiger partial charge in [0.2, 0.25) is 0 Å². The number of nitro benzene ring substituents is 1. The quantitative estimate of drug-likeness (QED) is 0.503. The highest BCUT2D eigenvalue weighted by Crippen LogP contribution is 2.40. The Balaban J connectivity index is 2.35. The maximum atomic E-state index is 10.9. The zero-order chi connectivity index (χ0) is 13.1. The molecule has 1 N–H and O–H groups in total. The monoisotopic (exact) mass is 271 g/mol. The topological polar surface area (TPSA) is 98.9 Å². The van der Waals surface area contributed by atoms with Crippen molar-refractivity contribution in [2.75, 3.05) is 19.0 Å². The molecule has 0 spiro atoms. The van der Waals surface area contributed by atoms with Crippen LogP contribution in [-0.2, 0) is 4.79 Å². The molecule has 0 atom stereocenters. The molecule has 0 fully saturated rings. The molecule has 2 rings (SSSR count). The Morgan fingerprint density at radius 1 is 1.39 bits per heavy atom. The number of hydrogen-bond donors (Lipinski definition) is 1. The van der Waals surface area contributed by atoms with Gasteiger partial charge >= 0.3 is 5.97 Å². The molecule has 1 aliphatic heterocycles. The van der Waals surface area contributed by atoms with Crippen molar-refractivity contribution in [1.82, 2.24) is 0 Å². The number of fused-ring (bicyclic) bond motifs is 1. The van der Waals surface area contributed by atoms with Gasteiger partial charge in [-0.2, -0.15) is 0 Å². The Hall–Kier alpha value is -1.96. The lowest BCUT2D eigenvalue weighted by Gasteiger charge is -2.18. The predicted octanol–water partition coefficient (Wildman–Crippen LogP) is 1.54. The number of aliphatic carboxylic acids is 1. The van der Waals surface area contributed by atoms with Crippen molar-refractivity contribution in [2.24, 2.45) is 0 Å². The van der Waals surface area contributed by atoms with Gasteiger partial charge in [0.1, 0.15) is 13.2 Å². The van der Waals surface area contributed by atoms with Crippen molar-refractivity contribution in [3.05, 3.63) is 22.2 Å². The Kier molecular flexibility index (Phi) is 3.56. The molecule has 0 unspecified atom stereocenters. The molecule has 1 heterocycles. The second-order valence-corrected chi connectivity index (χ2v) is 4.42. The molecule has 1 aliphatic rings. The van der Waals surface area contributed by atoms with Crippen molar-refractivity contribution in [3.8, 4) is 11.5 Å². The molecule has 0 radical (unpaired) electrons. The van der Waals surface area contributed by atoms with E-state index in [1.807, 2.05) is 0 Å². The van der Waals surface area contributed by atoms with Crippen LogP contribution in [-0.4, -0.2) is 35.0 Å². The van der Waals surface area contributed by atoms with Crippen molar-refractivity contribution >= 4 is 23.4 Å². The van der Waals surface area contributed by atoms with E-state index in [1.165, 1.54) is 12.1 Å². The van der Waals surface area contributed by atoms with Crippen LogP contribution >= 0.6 is 11.8 Å². The Labute approximate surface area is 106 Å². The molecule has 0 aromatic heterocycles. The number of benzene rings is 1. The molecule has 1 aromatic rings. The van der Waals surface area contributed by atoms with Crippen molar-refractivity contribution in [3.63, 3.8) is 0 Å². The molecule has 0 saturated carbocycles. The lowest BCUT2D eigenvalue weighted by Crippen LogP contribution is -2.15. The normalized spacial score (nSPS) is 13.1. The van der Waals surface area contributed by atoms with Crippen LogP contribution in [0.15, 0.2) is 17.0 Å². The summed E-state index contributed by atoms with van der Waals surface area (Å²) in [4.78, 5) is 21.1. The lowest BCUT2D eigenvalue weighted by molar-refractivity contribution is -0.387. The van der Waals surface area contributed by atoms with E-state index in [9.17, 15) is 14.9 Å². The fraction of sp³-hybridized carbons (Fsp3) is 0.300. The zero-order valence-corrected chi connectivity index (χ0v) is 9.94. The third-order valence-corrected chi connectivity index (χ3v) is 3.20. The van der Waals surface area contributed by atoms with E-state index in [2.05, 4.69) is 0 Å². The average Bonchev–Trinajstić information content (AvgIpc) is 2.35. The highest BCUT2D eigenvalue weighted by molar-refractivity contribution is 8.00. The number of nitro groups is 1. The number of hydrogen-bond acceptors (Lipinski definition) is 6. The maximum absolute atomic E-state index is 10.9. The van der Waals surface area contributed by atoms with E-state index in [1.54, 1.807) is 0 Å². The molecule has 0 amide bonds. The van der Waals surface area contributed by atoms with Gasteiger partial charge in [-0.15, -0.1) is 11.8 Å². The number of nitrogens with zero attached hydrogens (tertiary/aromatic N) is 1. The highest BCUT2D eigenvalue weighted by Gasteiger charge is 2.22. The first-order valence-electron chi connectivity index (χ1n) is 5.00. The summed E-state index contributed by atoms with van der Waals surface area (Å²) >= 11 is 0.880. The second kappa shape index (κ2) is 5.13. The van der Waals surface area contributed by atoms with E-state index in [0.29, 0.717) is 24.7 Å². The molecule has 0 bridgehead atoms. The molecule has 8 heteroatoms. The van der Waals surface area contributed by atoms with Gasteiger partial charge in [0, 0.05) is 6.07 Å². The summed E-state index contributed by atoms with van der Waals surface area (Å²) in [5.41, 5.74) is -0.175. The van der Waals surface area contributed by atoms with Crippen molar-refractivity contribution in [2.45, 2.75) is 4.90 Å². The molecule has 1 aromatic carbocycles. The Morgan fingerprint density at radius 3 is 2.56 bits per heavy atom. The number of thioether (sulfide) groups is 1. The minimum absolute atomic E-state index is 0.175. The van der Waals surface area contributed by atoms with Gasteiger partial charge in [0.05, 0.1) is 21.6 Å². The van der Waals surface area contributed by atoms with Crippen LogP contribution in [0.4, 0.5) is 5.69 Å². The van der Waals surface area contributed by atoms with Gasteiger partial charge in [0.15, 0.2) is 11.5 Å². The molecule has 0 saturated heterocycles. The summed E-state index contributed by atoms with van der Waals surface area (Å²) in [5, 5.41) is 19.5. The summed E-state index contributed by atoms with van der Waals surface area (Å²) in [6.07, 6.45) is 0. The number of rotatable bonds is 4. The first kappa shape index (κ1) is 12.5. The largest absolute Gasteiger partial charge is 0.486 e. The Bertz CT molecular complexity index is 503. The summed E-state index contributed by atoms with van der Waals surface area (Å²) in [7, 11) is 0. The van der Waals surface area contributed by atoms with Gasteiger partial charge < -0.3 is 14.6 Å². The molecule has 0 aliphatic carbocycles. The van der Waals surface area contributed by atoms with Crippen molar-refractivity contribution in [1.29, 1.82) is 0 Å². The van der Waals surface area contributed by atoms with Gasteiger partial charge in [-0.1, -0.05) is 0 Å². The summed E-state index contributed by atoms with van der Waals surface area (Å²) in [6.45, 7) is 0.708. The smallest absolute Gasteiger partial charge is 0.313 e. The van der Waals surface area contributed by atoms with E-state index >= 15 is 0 Å². The van der Waals surface area contributed by atoms with Crippen LogP contribution in [0.3, 0.4) is 0 Å². The number of carboxylic acid groups (broad SMARTS) is 1. The van der Waals surface area contributed by atoms with Crippen LogP contribution in [0.25, 0.3) is 0 Å². The maximum Gasteiger partial charge on any atom is 0.313 e. The highest BCUT2D eigenvalue weighted by atomic mass is 32.2. The minimum Gasteiger partial charge on any atom is -0.486 e.